The van der Waals surface area contributed by atoms with E-state index in [1.165, 1.54) is 0 Å². The number of aromatic amines is 1. The van der Waals surface area contributed by atoms with Gasteiger partial charge in [-0.3, -0.25) is 9.82 Å². The maximum absolute atomic E-state index is 12.5. The van der Waals surface area contributed by atoms with Crippen molar-refractivity contribution in [3.05, 3.63) is 64.9 Å². The van der Waals surface area contributed by atoms with Crippen LogP contribution in [0.5, 0.6) is 0 Å². The van der Waals surface area contributed by atoms with Crippen LogP contribution in [0.1, 0.15) is 11.4 Å². The number of hydrogen-bond donors (Lipinski definition) is 3. The molecule has 3 aromatic rings. The summed E-state index contributed by atoms with van der Waals surface area (Å²) >= 11 is 5.86. The second-order valence-electron chi connectivity index (χ2n) is 5.58. The third-order valence-electron chi connectivity index (χ3n) is 3.60. The fourth-order valence-electron chi connectivity index (χ4n) is 2.46. The lowest BCUT2D eigenvalue weighted by atomic mass is 10.2. The highest BCUT2D eigenvalue weighted by atomic mass is 35.5. The largest absolute Gasteiger partial charge is 0.356 e. The fourth-order valence-corrected chi connectivity index (χ4v) is 4.02. The van der Waals surface area contributed by atoms with Crippen molar-refractivity contribution in [2.24, 2.45) is 0 Å². The lowest BCUT2D eigenvalue weighted by molar-refractivity contribution is 0.600. The summed E-state index contributed by atoms with van der Waals surface area (Å²) in [4.78, 5) is 0.177. The topological polar surface area (TPSA) is 86.9 Å². The minimum Gasteiger partial charge on any atom is -0.356 e. The first kappa shape index (κ1) is 17.3. The van der Waals surface area contributed by atoms with Crippen LogP contribution in [0.3, 0.4) is 0 Å². The van der Waals surface area contributed by atoms with Crippen molar-refractivity contribution >= 4 is 38.7 Å². The van der Waals surface area contributed by atoms with E-state index in [4.69, 9.17) is 11.6 Å². The van der Waals surface area contributed by atoms with Gasteiger partial charge in [-0.25, -0.2) is 8.42 Å². The Labute approximate surface area is 151 Å². The van der Waals surface area contributed by atoms with Crippen LogP contribution in [-0.4, -0.2) is 18.6 Å². The molecule has 8 heteroatoms. The molecule has 0 unspecified atom stereocenters. The summed E-state index contributed by atoms with van der Waals surface area (Å²) in [6, 6.07) is 14.3. The number of aromatic nitrogens is 2. The van der Waals surface area contributed by atoms with E-state index in [0.717, 1.165) is 11.4 Å². The quantitative estimate of drug-likeness (QED) is 0.622. The molecule has 0 aliphatic heterocycles. The van der Waals surface area contributed by atoms with Gasteiger partial charge in [-0.15, -0.1) is 0 Å². The molecule has 0 bridgehead atoms. The van der Waals surface area contributed by atoms with Gasteiger partial charge in [0.2, 0.25) is 0 Å². The van der Waals surface area contributed by atoms with Gasteiger partial charge in [0.15, 0.2) is 0 Å². The van der Waals surface area contributed by atoms with Crippen molar-refractivity contribution in [2.45, 2.75) is 18.7 Å². The van der Waals surface area contributed by atoms with Crippen molar-refractivity contribution < 1.29 is 8.42 Å². The molecule has 0 aliphatic rings. The SMILES string of the molecule is Cc1n[nH]c(C)c1S(=O)(=O)Nc1ccc(Nc2ccc(Cl)cc2)cc1. The molecule has 0 aliphatic carbocycles. The third-order valence-corrected chi connectivity index (χ3v) is 5.49. The highest BCUT2D eigenvalue weighted by Crippen LogP contribution is 2.23. The first-order valence-corrected chi connectivity index (χ1v) is 9.38. The Kier molecular flexibility index (Phi) is 4.69. The van der Waals surface area contributed by atoms with Crippen molar-refractivity contribution in [3.63, 3.8) is 0 Å². The molecule has 130 valence electrons. The number of halogens is 1. The van der Waals surface area contributed by atoms with Crippen LogP contribution < -0.4 is 10.0 Å². The Morgan fingerprint density at radius 2 is 1.44 bits per heavy atom. The molecule has 3 rings (SSSR count). The highest BCUT2D eigenvalue weighted by molar-refractivity contribution is 7.92. The van der Waals surface area contributed by atoms with E-state index >= 15 is 0 Å². The minimum absolute atomic E-state index is 0.177. The molecule has 0 atom stereocenters. The molecule has 2 aromatic carbocycles. The molecule has 0 saturated carbocycles. The van der Waals surface area contributed by atoms with Crippen LogP contribution in [0.2, 0.25) is 5.02 Å². The van der Waals surface area contributed by atoms with E-state index in [1.54, 1.807) is 50.2 Å². The number of sulfonamides is 1. The number of nitrogens with zero attached hydrogens (tertiary/aromatic N) is 1. The maximum atomic E-state index is 12.5. The van der Waals surface area contributed by atoms with Gasteiger partial charge in [-0.2, -0.15) is 5.10 Å². The Bertz CT molecular complexity index is 961. The number of aryl methyl sites for hydroxylation is 2. The van der Waals surface area contributed by atoms with Crippen LogP contribution >= 0.6 is 11.6 Å². The Morgan fingerprint density at radius 3 is 1.96 bits per heavy atom. The van der Waals surface area contributed by atoms with Crippen molar-refractivity contribution in [1.29, 1.82) is 0 Å². The zero-order valence-corrected chi connectivity index (χ0v) is 15.2. The van der Waals surface area contributed by atoms with Crippen LogP contribution in [-0.2, 0) is 10.0 Å². The van der Waals surface area contributed by atoms with Crippen LogP contribution in [0.15, 0.2) is 53.4 Å². The van der Waals surface area contributed by atoms with Gasteiger partial charge in [0, 0.05) is 22.1 Å². The lowest BCUT2D eigenvalue weighted by Crippen LogP contribution is -2.14. The van der Waals surface area contributed by atoms with E-state index in [1.807, 2.05) is 12.1 Å². The van der Waals surface area contributed by atoms with Gasteiger partial charge in [0.1, 0.15) is 4.90 Å². The zero-order valence-electron chi connectivity index (χ0n) is 13.7. The van der Waals surface area contributed by atoms with Crippen LogP contribution in [0.25, 0.3) is 0 Å². The summed E-state index contributed by atoms with van der Waals surface area (Å²) in [5.74, 6) is 0. The Balaban J connectivity index is 1.75. The molecule has 1 aromatic heterocycles. The lowest BCUT2D eigenvalue weighted by Gasteiger charge is -2.10. The highest BCUT2D eigenvalue weighted by Gasteiger charge is 2.22. The molecular formula is C17H17ClN4O2S. The first-order valence-electron chi connectivity index (χ1n) is 7.52. The summed E-state index contributed by atoms with van der Waals surface area (Å²) in [7, 11) is -3.69. The van der Waals surface area contributed by atoms with Gasteiger partial charge in [0.25, 0.3) is 10.0 Å². The van der Waals surface area contributed by atoms with E-state index in [0.29, 0.717) is 22.1 Å². The average molecular weight is 377 g/mol. The monoisotopic (exact) mass is 376 g/mol. The smallest absolute Gasteiger partial charge is 0.265 e. The first-order chi connectivity index (χ1) is 11.8. The standard InChI is InChI=1S/C17H17ClN4O2S/c1-11-17(12(2)21-20-11)25(23,24)22-16-9-7-15(8-10-16)19-14-5-3-13(18)4-6-14/h3-10,19,22H,1-2H3,(H,20,21). The summed E-state index contributed by atoms with van der Waals surface area (Å²) < 4.78 is 27.6. The molecule has 0 fully saturated rings. The van der Waals surface area contributed by atoms with Crippen molar-refractivity contribution in [2.75, 3.05) is 10.0 Å². The number of H-pyrrole nitrogens is 1. The number of nitrogens with one attached hydrogen (secondary N) is 3. The van der Waals surface area contributed by atoms with E-state index in [2.05, 4.69) is 20.2 Å². The van der Waals surface area contributed by atoms with E-state index in [-0.39, 0.29) is 4.90 Å². The van der Waals surface area contributed by atoms with E-state index < -0.39 is 10.0 Å². The van der Waals surface area contributed by atoms with Crippen molar-refractivity contribution in [1.82, 2.24) is 10.2 Å². The number of anilines is 3. The Hall–Kier alpha value is -2.51. The molecular weight excluding hydrogens is 360 g/mol. The maximum Gasteiger partial charge on any atom is 0.265 e. The molecule has 0 radical (unpaired) electrons. The summed E-state index contributed by atoms with van der Waals surface area (Å²) in [5.41, 5.74) is 3.14. The molecule has 0 amide bonds. The summed E-state index contributed by atoms with van der Waals surface area (Å²) in [5, 5.41) is 10.5. The second kappa shape index (κ2) is 6.78. The predicted molar refractivity (Wildman–Crippen MR) is 100 cm³/mol. The molecule has 3 N–H and O–H groups in total. The zero-order chi connectivity index (χ0) is 18.0. The molecule has 1 heterocycles. The van der Waals surface area contributed by atoms with Crippen LogP contribution in [0.4, 0.5) is 17.1 Å². The molecule has 0 saturated heterocycles. The molecule has 25 heavy (non-hydrogen) atoms. The molecule has 0 spiro atoms. The number of hydrogen-bond acceptors (Lipinski definition) is 4. The number of rotatable bonds is 5. The predicted octanol–water partition coefficient (Wildman–Crippen LogP) is 4.22. The third kappa shape index (κ3) is 3.94. The Morgan fingerprint density at radius 1 is 0.920 bits per heavy atom. The second-order valence-corrected chi connectivity index (χ2v) is 7.63. The van der Waals surface area contributed by atoms with Crippen LogP contribution in [0, 0.1) is 13.8 Å². The summed E-state index contributed by atoms with van der Waals surface area (Å²) in [6.07, 6.45) is 0. The van der Waals surface area contributed by atoms with Gasteiger partial charge in [0.05, 0.1) is 11.4 Å². The fraction of sp³-hybridized carbons (Fsp3) is 0.118. The van der Waals surface area contributed by atoms with Gasteiger partial charge in [-0.1, -0.05) is 11.6 Å². The molecule has 6 nitrogen and oxygen atoms in total. The normalized spacial score (nSPS) is 11.3. The summed E-state index contributed by atoms with van der Waals surface area (Å²) in [6.45, 7) is 3.32. The van der Waals surface area contributed by atoms with Gasteiger partial charge >= 0.3 is 0 Å². The van der Waals surface area contributed by atoms with E-state index in [9.17, 15) is 8.42 Å². The minimum atomic E-state index is -3.69. The van der Waals surface area contributed by atoms with Gasteiger partial charge in [-0.05, 0) is 62.4 Å². The average Bonchev–Trinajstić information content (AvgIpc) is 2.91. The van der Waals surface area contributed by atoms with Gasteiger partial charge < -0.3 is 5.32 Å². The van der Waals surface area contributed by atoms with Crippen molar-refractivity contribution in [3.8, 4) is 0 Å². The number of benzene rings is 2.